The predicted octanol–water partition coefficient (Wildman–Crippen LogP) is 3.74. The lowest BCUT2D eigenvalue weighted by atomic mass is 10.1. The van der Waals surface area contributed by atoms with E-state index in [1.807, 2.05) is 50.2 Å². The summed E-state index contributed by atoms with van der Waals surface area (Å²) in [5, 5.41) is 8.39. The van der Waals surface area contributed by atoms with E-state index in [1.54, 1.807) is 12.1 Å². The molecule has 5 nitrogen and oxygen atoms in total. The summed E-state index contributed by atoms with van der Waals surface area (Å²) in [6.07, 6.45) is 0. The number of furan rings is 1. The Morgan fingerprint density at radius 1 is 1.12 bits per heavy atom. The van der Waals surface area contributed by atoms with Crippen LogP contribution in [0.5, 0.6) is 5.75 Å². The van der Waals surface area contributed by atoms with Gasteiger partial charge in [-0.15, -0.1) is 0 Å². The first-order valence-electron chi connectivity index (χ1n) is 8.87. The average Bonchev–Trinajstić information content (AvgIpc) is 3.14. The fourth-order valence-electron chi connectivity index (χ4n) is 2.74. The highest BCUT2D eigenvalue weighted by molar-refractivity contribution is 5.91. The topological polar surface area (TPSA) is 63.5 Å². The normalized spacial score (nSPS) is 12.1. The Balaban J connectivity index is 1.55. The minimum absolute atomic E-state index is 0.216. The van der Waals surface area contributed by atoms with Crippen LogP contribution in [0.1, 0.15) is 30.2 Å². The lowest BCUT2D eigenvalue weighted by molar-refractivity contribution is 0.0918. The van der Waals surface area contributed by atoms with E-state index in [2.05, 4.69) is 16.7 Å². The first-order valence-corrected chi connectivity index (χ1v) is 8.87. The van der Waals surface area contributed by atoms with Gasteiger partial charge in [0.25, 0.3) is 5.91 Å². The fraction of sp³-hybridized carbons (Fsp3) is 0.286. The van der Waals surface area contributed by atoms with E-state index in [0.717, 1.165) is 17.7 Å². The van der Waals surface area contributed by atoms with Gasteiger partial charge in [-0.1, -0.05) is 37.3 Å². The van der Waals surface area contributed by atoms with Crippen molar-refractivity contribution in [2.45, 2.75) is 26.5 Å². The molecule has 0 bridgehead atoms. The number of benzene rings is 2. The van der Waals surface area contributed by atoms with E-state index >= 15 is 0 Å². The summed E-state index contributed by atoms with van der Waals surface area (Å²) >= 11 is 0. The maximum atomic E-state index is 12.1. The highest BCUT2D eigenvalue weighted by Gasteiger charge is 2.12. The minimum atomic E-state index is -0.216. The van der Waals surface area contributed by atoms with Crippen LogP contribution in [0.25, 0.3) is 10.8 Å². The number of carbonyl (C=O) groups excluding carboxylic acids is 1. The third kappa shape index (κ3) is 4.64. The summed E-state index contributed by atoms with van der Waals surface area (Å²) in [4.78, 5) is 12.1. The predicted molar refractivity (Wildman–Crippen MR) is 102 cm³/mol. The van der Waals surface area contributed by atoms with Crippen LogP contribution in [0.2, 0.25) is 0 Å². The summed E-state index contributed by atoms with van der Waals surface area (Å²) in [6, 6.07) is 17.7. The van der Waals surface area contributed by atoms with Gasteiger partial charge in [0.05, 0.1) is 0 Å². The number of carbonyl (C=O) groups is 1. The monoisotopic (exact) mass is 352 g/mol. The zero-order chi connectivity index (χ0) is 18.4. The van der Waals surface area contributed by atoms with Gasteiger partial charge in [-0.2, -0.15) is 0 Å². The van der Waals surface area contributed by atoms with Crippen molar-refractivity contribution < 1.29 is 13.9 Å². The zero-order valence-electron chi connectivity index (χ0n) is 15.1. The molecular formula is C21H24N2O3. The molecule has 0 unspecified atom stereocenters. The van der Waals surface area contributed by atoms with Crippen molar-refractivity contribution in [1.82, 2.24) is 10.6 Å². The van der Waals surface area contributed by atoms with Gasteiger partial charge >= 0.3 is 0 Å². The summed E-state index contributed by atoms with van der Waals surface area (Å²) in [7, 11) is 0. The number of likely N-dealkylation sites (N-methyl/N-ethyl adjacent to an activating group) is 1. The van der Waals surface area contributed by atoms with Crippen LogP contribution in [-0.4, -0.2) is 25.0 Å². The zero-order valence-corrected chi connectivity index (χ0v) is 15.1. The number of rotatable bonds is 8. The molecule has 0 spiro atoms. The maximum absolute atomic E-state index is 12.1. The van der Waals surface area contributed by atoms with Crippen molar-refractivity contribution in [2.75, 3.05) is 13.1 Å². The molecule has 2 N–H and O–H groups in total. The van der Waals surface area contributed by atoms with Crippen molar-refractivity contribution in [3.8, 4) is 5.75 Å². The molecular weight excluding hydrogens is 328 g/mol. The third-order valence-corrected chi connectivity index (χ3v) is 4.11. The molecule has 0 saturated carbocycles. The van der Waals surface area contributed by atoms with Crippen molar-refractivity contribution in [3.05, 3.63) is 66.1 Å². The Hall–Kier alpha value is -2.79. The first kappa shape index (κ1) is 18.0. The Kier molecular flexibility index (Phi) is 5.92. The van der Waals surface area contributed by atoms with Crippen LogP contribution in [0.3, 0.4) is 0 Å². The molecule has 2 aromatic carbocycles. The van der Waals surface area contributed by atoms with Crippen LogP contribution < -0.4 is 15.4 Å². The first-order chi connectivity index (χ1) is 12.7. The largest absolute Gasteiger partial charge is 0.486 e. The Morgan fingerprint density at radius 2 is 1.92 bits per heavy atom. The van der Waals surface area contributed by atoms with E-state index in [4.69, 9.17) is 9.15 Å². The standard InChI is InChI=1S/C21H24N2O3/c1-3-22-15(2)13-23-21(24)20-11-10-19(26-20)14-25-18-9-8-16-6-4-5-7-17(16)12-18/h4-12,15,22H,3,13-14H2,1-2H3,(H,23,24)/t15-/m1/s1. The van der Waals surface area contributed by atoms with E-state index in [9.17, 15) is 4.79 Å². The van der Waals surface area contributed by atoms with E-state index in [-0.39, 0.29) is 18.6 Å². The number of fused-ring (bicyclic) bond motifs is 1. The second-order valence-corrected chi connectivity index (χ2v) is 6.23. The molecule has 1 aromatic heterocycles. The van der Waals surface area contributed by atoms with Gasteiger partial charge in [-0.05, 0) is 48.5 Å². The van der Waals surface area contributed by atoms with Gasteiger partial charge in [-0.25, -0.2) is 0 Å². The molecule has 0 aliphatic carbocycles. The number of hydrogen-bond acceptors (Lipinski definition) is 4. The molecule has 136 valence electrons. The van der Waals surface area contributed by atoms with Crippen LogP contribution in [0.15, 0.2) is 59.0 Å². The van der Waals surface area contributed by atoms with E-state index in [0.29, 0.717) is 18.1 Å². The molecule has 1 amide bonds. The maximum Gasteiger partial charge on any atom is 0.287 e. The summed E-state index contributed by atoms with van der Waals surface area (Å²) < 4.78 is 11.4. The highest BCUT2D eigenvalue weighted by atomic mass is 16.5. The van der Waals surface area contributed by atoms with Crippen molar-refractivity contribution >= 4 is 16.7 Å². The molecule has 0 radical (unpaired) electrons. The highest BCUT2D eigenvalue weighted by Crippen LogP contribution is 2.21. The smallest absolute Gasteiger partial charge is 0.287 e. The van der Waals surface area contributed by atoms with Gasteiger partial charge in [0.2, 0.25) is 0 Å². The molecule has 1 heterocycles. The van der Waals surface area contributed by atoms with Crippen molar-refractivity contribution in [2.24, 2.45) is 0 Å². The Labute approximate surface area is 153 Å². The molecule has 0 fully saturated rings. The van der Waals surface area contributed by atoms with E-state index in [1.165, 1.54) is 5.39 Å². The Bertz CT molecular complexity index is 872. The number of amides is 1. The van der Waals surface area contributed by atoms with Gasteiger partial charge in [-0.3, -0.25) is 4.79 Å². The van der Waals surface area contributed by atoms with Gasteiger partial charge in [0.1, 0.15) is 18.1 Å². The van der Waals surface area contributed by atoms with Crippen molar-refractivity contribution in [3.63, 3.8) is 0 Å². The van der Waals surface area contributed by atoms with Gasteiger partial charge in [0.15, 0.2) is 5.76 Å². The number of nitrogens with one attached hydrogen (secondary N) is 2. The van der Waals surface area contributed by atoms with Gasteiger partial charge < -0.3 is 19.8 Å². The average molecular weight is 352 g/mol. The van der Waals surface area contributed by atoms with Crippen LogP contribution in [-0.2, 0) is 6.61 Å². The third-order valence-electron chi connectivity index (χ3n) is 4.11. The molecule has 1 atom stereocenters. The lowest BCUT2D eigenvalue weighted by Gasteiger charge is -2.12. The quantitative estimate of drug-likeness (QED) is 0.648. The number of hydrogen-bond donors (Lipinski definition) is 2. The summed E-state index contributed by atoms with van der Waals surface area (Å²) in [5.74, 6) is 1.46. The molecule has 5 heteroatoms. The SMILES string of the molecule is CCN[C@H](C)CNC(=O)c1ccc(COc2ccc3ccccc3c2)o1. The van der Waals surface area contributed by atoms with Crippen LogP contribution in [0, 0.1) is 0 Å². The summed E-state index contributed by atoms with van der Waals surface area (Å²) in [6.45, 7) is 5.76. The molecule has 0 saturated heterocycles. The fourth-order valence-corrected chi connectivity index (χ4v) is 2.74. The Morgan fingerprint density at radius 3 is 2.73 bits per heavy atom. The molecule has 3 aromatic rings. The van der Waals surface area contributed by atoms with Gasteiger partial charge in [0, 0.05) is 12.6 Å². The molecule has 3 rings (SSSR count). The van der Waals surface area contributed by atoms with Crippen molar-refractivity contribution in [1.29, 1.82) is 0 Å². The summed E-state index contributed by atoms with van der Waals surface area (Å²) in [5.41, 5.74) is 0. The lowest BCUT2D eigenvalue weighted by Crippen LogP contribution is -2.38. The number of ether oxygens (including phenoxy) is 1. The molecule has 0 aliphatic heterocycles. The van der Waals surface area contributed by atoms with Crippen LogP contribution in [0.4, 0.5) is 0 Å². The molecule has 26 heavy (non-hydrogen) atoms. The second-order valence-electron chi connectivity index (χ2n) is 6.23. The molecule has 0 aliphatic rings. The second kappa shape index (κ2) is 8.54. The minimum Gasteiger partial charge on any atom is -0.486 e. The van der Waals surface area contributed by atoms with Crippen LogP contribution >= 0.6 is 0 Å². The van der Waals surface area contributed by atoms with E-state index < -0.39 is 0 Å².